The lowest BCUT2D eigenvalue weighted by Crippen LogP contribution is -2.09. The van der Waals surface area contributed by atoms with Gasteiger partial charge in [-0.3, -0.25) is 0 Å². The van der Waals surface area contributed by atoms with Crippen molar-refractivity contribution in [3.63, 3.8) is 0 Å². The first kappa shape index (κ1) is 107. The largest absolute Gasteiger partial charge is 0.490 e. The number of hydrogen-bond acceptors (Lipinski definition) is 16. The highest BCUT2D eigenvalue weighted by Gasteiger charge is 2.33. The predicted octanol–water partition coefficient (Wildman–Crippen LogP) is 33.2. The van der Waals surface area contributed by atoms with E-state index in [1.54, 1.807) is 0 Å². The molecule has 5 heterocycles. The van der Waals surface area contributed by atoms with Gasteiger partial charge in [-0.2, -0.15) is 0 Å². The monoisotopic (exact) mass is 1810 g/mol. The Kier molecular flexibility index (Phi) is 51.9. The normalized spacial score (nSPS) is 13.8. The molecular formula is C116H172N4O12. The minimum Gasteiger partial charge on any atom is -0.490 e. The molecule has 0 amide bonds. The smallest absolute Gasteiger partial charge is 0.203 e. The van der Waals surface area contributed by atoms with Crippen LogP contribution >= 0.6 is 0 Å². The number of rotatable bonds is 76. The van der Waals surface area contributed by atoms with E-state index in [0.717, 1.165) is 353 Å². The first-order valence-corrected chi connectivity index (χ1v) is 53.4. The molecular weight excluding hydrogens is 1640 g/mol. The molecule has 5 aliphatic rings. The van der Waals surface area contributed by atoms with E-state index in [1.165, 1.54) is 0 Å². The van der Waals surface area contributed by atoms with Gasteiger partial charge in [0.2, 0.25) is 23.0 Å². The fourth-order valence-electron chi connectivity index (χ4n) is 17.1. The molecule has 0 spiro atoms. The fourth-order valence-corrected chi connectivity index (χ4v) is 17.1. The molecule has 0 radical (unpaired) electrons. The molecule has 4 aromatic carbocycles. The molecule has 728 valence electrons. The van der Waals surface area contributed by atoms with Crippen LogP contribution in [0.2, 0.25) is 0 Å². The lowest BCUT2D eigenvalue weighted by molar-refractivity contribution is 0.234. The van der Waals surface area contributed by atoms with E-state index in [9.17, 15) is 0 Å². The van der Waals surface area contributed by atoms with E-state index in [4.69, 9.17) is 76.8 Å². The number of benzene rings is 4. The SMILES string of the molecule is CCCCCCOc1cc(C2=C3C=CC(=N3)C(c3cc(OCCCCCC)c(OCCCCCC)c(OCCCCCC)c3)=C3C=CC(=N3)C(c3cc(OCCCCCC)c(OCCCCCC)c(OCCCCCC)c3)=C3C=CC(=N3)C(c3cc(OCCCCCC)c(OCCCCCC)c(OCCCCCC)c3)=C3C=CC2=N3)cc(OCCCCCC)c1OCCCCCC. The Bertz CT molecular complexity index is 3770. The van der Waals surface area contributed by atoms with E-state index in [-0.39, 0.29) is 0 Å². The van der Waals surface area contributed by atoms with Gasteiger partial charge in [-0.05, 0) is 196 Å². The maximum absolute atomic E-state index is 7.14. The van der Waals surface area contributed by atoms with E-state index in [1.807, 2.05) is 0 Å². The maximum atomic E-state index is 7.14. The van der Waals surface area contributed by atoms with Gasteiger partial charge in [0, 0.05) is 22.3 Å². The van der Waals surface area contributed by atoms with Gasteiger partial charge in [-0.25, -0.2) is 20.0 Å². The van der Waals surface area contributed by atoms with Gasteiger partial charge in [0.1, 0.15) is 0 Å². The summed E-state index contributed by atoms with van der Waals surface area (Å²) in [6.45, 7) is 33.2. The summed E-state index contributed by atoms with van der Waals surface area (Å²) in [6, 6.07) is 17.3. The van der Waals surface area contributed by atoms with Crippen molar-refractivity contribution >= 4 is 45.1 Å². The van der Waals surface area contributed by atoms with Crippen LogP contribution in [-0.4, -0.2) is 102 Å². The van der Waals surface area contributed by atoms with Crippen molar-refractivity contribution in [2.24, 2.45) is 20.0 Å². The van der Waals surface area contributed by atoms with Crippen LogP contribution in [0.4, 0.5) is 0 Å². The zero-order valence-electron chi connectivity index (χ0n) is 84.4. The molecule has 0 aromatic heterocycles. The third kappa shape index (κ3) is 35.1. The summed E-state index contributed by atoms with van der Waals surface area (Å²) >= 11 is 0. The molecule has 8 bridgehead atoms. The van der Waals surface area contributed by atoms with Crippen LogP contribution in [0.3, 0.4) is 0 Å². The zero-order chi connectivity index (χ0) is 93.2. The van der Waals surface area contributed by atoms with Gasteiger partial charge < -0.3 is 56.8 Å². The summed E-state index contributed by atoms with van der Waals surface area (Å²) in [4.78, 5) is 24.1. The molecule has 132 heavy (non-hydrogen) atoms. The summed E-state index contributed by atoms with van der Waals surface area (Å²) in [5.74, 6) is 7.54. The van der Waals surface area contributed by atoms with Crippen molar-refractivity contribution in [2.45, 2.75) is 391 Å². The fraction of sp³-hybridized carbons (Fsp3) is 0.621. The average molecular weight is 1810 g/mol. The first-order valence-electron chi connectivity index (χ1n) is 53.4. The number of aliphatic imine (C=N–C) groups is 4. The summed E-state index contributed by atoms with van der Waals surface area (Å²) in [5.41, 5.74) is 11.9. The number of ether oxygens (including phenoxy) is 12. The van der Waals surface area contributed by atoms with Crippen LogP contribution in [0, 0.1) is 0 Å². The van der Waals surface area contributed by atoms with Crippen molar-refractivity contribution in [3.05, 3.63) is 142 Å². The molecule has 9 rings (SSSR count). The highest BCUT2D eigenvalue weighted by Crippen LogP contribution is 2.50. The van der Waals surface area contributed by atoms with Gasteiger partial charge in [0.15, 0.2) is 46.0 Å². The second-order valence-electron chi connectivity index (χ2n) is 36.5. The van der Waals surface area contributed by atoms with E-state index < -0.39 is 0 Å². The number of fused-ring (bicyclic) bond motifs is 4. The Morgan fingerprint density at radius 3 is 0.409 bits per heavy atom. The van der Waals surface area contributed by atoms with E-state index in [2.05, 4.69) is 180 Å². The van der Waals surface area contributed by atoms with Crippen LogP contribution in [0.1, 0.15) is 414 Å². The Morgan fingerprint density at radius 2 is 0.280 bits per heavy atom. The van der Waals surface area contributed by atoms with E-state index in [0.29, 0.717) is 194 Å². The summed E-state index contributed by atoms with van der Waals surface area (Å²) in [6.07, 6.45) is 67.5. The zero-order valence-corrected chi connectivity index (χ0v) is 84.4. The van der Waals surface area contributed by atoms with Crippen LogP contribution < -0.4 is 56.8 Å². The van der Waals surface area contributed by atoms with Crippen molar-refractivity contribution in [2.75, 3.05) is 79.3 Å². The second kappa shape index (κ2) is 64.1. The molecule has 16 nitrogen and oxygen atoms in total. The first-order chi connectivity index (χ1) is 65.1. The molecule has 0 atom stereocenters. The third-order valence-electron chi connectivity index (χ3n) is 24.9. The average Bonchev–Trinajstić information content (AvgIpc) is 1.59. The van der Waals surface area contributed by atoms with Gasteiger partial charge >= 0.3 is 0 Å². The summed E-state index contributed by atoms with van der Waals surface area (Å²) < 4.78 is 85.2. The lowest BCUT2D eigenvalue weighted by Gasteiger charge is -2.21. The quantitative estimate of drug-likeness (QED) is 0.0386. The van der Waals surface area contributed by atoms with Gasteiger partial charge in [0.05, 0.1) is 125 Å². The molecule has 16 heteroatoms. The number of allylic oxidation sites excluding steroid dienone is 12. The van der Waals surface area contributed by atoms with Gasteiger partial charge in [-0.15, -0.1) is 0 Å². The lowest BCUT2D eigenvalue weighted by atomic mass is 9.97. The maximum Gasteiger partial charge on any atom is 0.203 e. The minimum atomic E-state index is 0.508. The standard InChI is InChI=1S/C116H172N4O12/c1-13-25-37-49-69-121-101-81-89(82-102(122-70-50-38-26-14-2)113(101)129-77-57-45-33-21-9)109-93-61-63-95(117-93)110(90-83-103(123-71-51-39-27-15-3)114(130-78-58-46-34-22-10)104(84-90)124-72-52-40-28-16-4)97-65-67-99(119-97)112(92-87-107(127-75-55-43-31-19-7)116(132-80-60-48-36-24-12)108(88-92)128-76-56-44-32-20-8)100-68-66-98(120-100)111(96-64-62-94(109)118-96)91-85-105(125-73-53-41-29-17-5)115(131-79-59-47-35-23-11)106(86-91)126-74-54-42-30-18-6/h61-68,81-88H,13-60,69-80H2,1-12H3. The Labute approximate surface area is 799 Å². The summed E-state index contributed by atoms with van der Waals surface area (Å²) in [7, 11) is 0. The third-order valence-corrected chi connectivity index (χ3v) is 24.9. The van der Waals surface area contributed by atoms with Crippen LogP contribution in [-0.2, 0) is 0 Å². The Balaban J connectivity index is 1.46. The molecule has 0 saturated heterocycles. The van der Waals surface area contributed by atoms with Crippen LogP contribution in [0.15, 0.2) is 140 Å². The predicted molar refractivity (Wildman–Crippen MR) is 555 cm³/mol. The number of hydrogen-bond donors (Lipinski definition) is 0. The molecule has 0 saturated carbocycles. The summed E-state index contributed by atoms with van der Waals surface area (Å²) in [5, 5.41) is 0. The molecule has 0 fully saturated rings. The van der Waals surface area contributed by atoms with Crippen molar-refractivity contribution in [1.29, 1.82) is 0 Å². The molecule has 0 unspecified atom stereocenters. The van der Waals surface area contributed by atoms with Crippen LogP contribution in [0.25, 0.3) is 22.3 Å². The second-order valence-corrected chi connectivity index (χ2v) is 36.5. The minimum absolute atomic E-state index is 0.508. The van der Waals surface area contributed by atoms with Gasteiger partial charge in [0.25, 0.3) is 0 Å². The van der Waals surface area contributed by atoms with Crippen molar-refractivity contribution in [3.8, 4) is 69.0 Å². The molecule has 0 aliphatic carbocycles. The highest BCUT2D eigenvalue weighted by atomic mass is 16.6. The Morgan fingerprint density at radius 1 is 0.152 bits per heavy atom. The Hall–Kier alpha value is -8.92. The molecule has 4 aromatic rings. The molecule has 5 aliphatic heterocycles. The van der Waals surface area contributed by atoms with Crippen molar-refractivity contribution in [1.82, 2.24) is 0 Å². The topological polar surface area (TPSA) is 160 Å². The van der Waals surface area contributed by atoms with Gasteiger partial charge in [-0.1, -0.05) is 314 Å². The van der Waals surface area contributed by atoms with Crippen molar-refractivity contribution < 1.29 is 56.8 Å². The molecule has 0 N–H and O–H groups in total. The van der Waals surface area contributed by atoms with E-state index >= 15 is 0 Å². The number of unbranched alkanes of at least 4 members (excludes halogenated alkanes) is 36. The highest BCUT2D eigenvalue weighted by molar-refractivity contribution is 6.40. The number of nitrogens with zero attached hydrogens (tertiary/aromatic N) is 4. The van der Waals surface area contributed by atoms with Crippen LogP contribution in [0.5, 0.6) is 69.0 Å².